The van der Waals surface area contributed by atoms with Crippen LogP contribution in [0.1, 0.15) is 61.1 Å². The second-order valence-electron chi connectivity index (χ2n) is 8.19. The van der Waals surface area contributed by atoms with E-state index in [1.54, 1.807) is 11.3 Å². The lowest BCUT2D eigenvalue weighted by molar-refractivity contribution is -0.132. The number of para-hydroxylation sites is 1. The minimum Gasteiger partial charge on any atom is -0.342 e. The molecule has 1 aromatic carbocycles. The van der Waals surface area contributed by atoms with Crippen LogP contribution in [0.25, 0.3) is 10.2 Å². The molecular weight excluding hydrogens is 382 g/mol. The van der Waals surface area contributed by atoms with Gasteiger partial charge >= 0.3 is 0 Å². The molecule has 152 valence electrons. The molecule has 6 nitrogen and oxygen atoms in total. The molecule has 0 bridgehead atoms. The van der Waals surface area contributed by atoms with Crippen LogP contribution in [0.3, 0.4) is 0 Å². The van der Waals surface area contributed by atoms with E-state index in [9.17, 15) is 4.79 Å². The Morgan fingerprint density at radius 3 is 2.97 bits per heavy atom. The first kappa shape index (κ1) is 18.7. The number of fused-ring (bicyclic) bond motifs is 2. The third kappa shape index (κ3) is 3.92. The summed E-state index contributed by atoms with van der Waals surface area (Å²) in [6.07, 6.45) is 8.10. The molecule has 0 spiro atoms. The van der Waals surface area contributed by atoms with Gasteiger partial charge in [-0.25, -0.2) is 4.98 Å². The molecule has 3 aromatic rings. The molecule has 2 aromatic heterocycles. The molecule has 1 amide bonds. The predicted molar refractivity (Wildman–Crippen MR) is 114 cm³/mol. The Morgan fingerprint density at radius 2 is 2.03 bits per heavy atom. The average Bonchev–Trinajstić information content (AvgIpc) is 3.28. The standard InChI is InChI=1S/C22H27N5OS/c28-21(12-11-20-23-17-8-3-4-9-18(17)29-20)26-13-6-7-16(15-26)22-25-24-19-10-2-1-5-14-27(19)22/h3-4,8-9,16H,1-2,5-7,10-15H2/t16-/m1/s1. The molecule has 2 aliphatic rings. The Hall–Kier alpha value is -2.28. The van der Waals surface area contributed by atoms with Crippen LogP contribution in [-0.2, 0) is 24.2 Å². The quantitative estimate of drug-likeness (QED) is 0.654. The Bertz CT molecular complexity index is 977. The van der Waals surface area contributed by atoms with Crippen LogP contribution in [0.2, 0.25) is 0 Å². The summed E-state index contributed by atoms with van der Waals surface area (Å²) in [5.41, 5.74) is 1.03. The van der Waals surface area contributed by atoms with Crippen molar-refractivity contribution in [2.45, 2.75) is 63.8 Å². The first-order valence-electron chi connectivity index (χ1n) is 10.8. The Kier molecular flexibility index (Phi) is 5.31. The summed E-state index contributed by atoms with van der Waals surface area (Å²) in [7, 11) is 0. The van der Waals surface area contributed by atoms with Crippen molar-refractivity contribution < 1.29 is 4.79 Å². The van der Waals surface area contributed by atoms with E-state index in [-0.39, 0.29) is 5.91 Å². The second kappa shape index (κ2) is 8.22. The molecule has 5 rings (SSSR count). The minimum atomic E-state index is 0.240. The van der Waals surface area contributed by atoms with Crippen LogP contribution in [0.5, 0.6) is 0 Å². The molecule has 29 heavy (non-hydrogen) atoms. The summed E-state index contributed by atoms with van der Waals surface area (Å²) >= 11 is 1.70. The molecule has 1 saturated heterocycles. The molecule has 0 saturated carbocycles. The zero-order valence-corrected chi connectivity index (χ0v) is 17.5. The number of thiazole rings is 1. The molecule has 2 aliphatic heterocycles. The van der Waals surface area contributed by atoms with Crippen LogP contribution in [0.15, 0.2) is 24.3 Å². The van der Waals surface area contributed by atoms with Gasteiger partial charge in [-0.2, -0.15) is 0 Å². The molecule has 1 atom stereocenters. The lowest BCUT2D eigenvalue weighted by Gasteiger charge is -2.32. The van der Waals surface area contributed by atoms with Gasteiger partial charge in [-0.1, -0.05) is 18.6 Å². The van der Waals surface area contributed by atoms with Gasteiger partial charge in [-0.05, 0) is 37.8 Å². The fourth-order valence-corrected chi connectivity index (χ4v) is 5.59. The van der Waals surface area contributed by atoms with Gasteiger partial charge in [-0.15, -0.1) is 21.5 Å². The number of aromatic nitrogens is 4. The molecule has 0 aliphatic carbocycles. The van der Waals surface area contributed by atoms with Gasteiger partial charge in [0, 0.05) is 44.8 Å². The van der Waals surface area contributed by atoms with Crippen molar-refractivity contribution in [2.24, 2.45) is 0 Å². The third-order valence-corrected chi connectivity index (χ3v) is 7.26. The van der Waals surface area contributed by atoms with E-state index in [4.69, 9.17) is 0 Å². The van der Waals surface area contributed by atoms with E-state index in [1.165, 1.54) is 24.0 Å². The normalized spacial score (nSPS) is 19.9. The van der Waals surface area contributed by atoms with Gasteiger partial charge < -0.3 is 9.47 Å². The van der Waals surface area contributed by atoms with Gasteiger partial charge in [0.1, 0.15) is 11.6 Å². The van der Waals surface area contributed by atoms with Crippen LogP contribution in [0, 0.1) is 0 Å². The monoisotopic (exact) mass is 409 g/mol. The fraction of sp³-hybridized carbons (Fsp3) is 0.545. The van der Waals surface area contributed by atoms with E-state index in [1.807, 2.05) is 23.1 Å². The highest BCUT2D eigenvalue weighted by Gasteiger charge is 2.29. The lowest BCUT2D eigenvalue weighted by atomic mass is 9.96. The average molecular weight is 410 g/mol. The van der Waals surface area contributed by atoms with E-state index >= 15 is 0 Å². The van der Waals surface area contributed by atoms with Crippen molar-refractivity contribution >= 4 is 27.5 Å². The number of carbonyl (C=O) groups excluding carboxylic acids is 1. The molecule has 4 heterocycles. The van der Waals surface area contributed by atoms with Crippen molar-refractivity contribution in [1.82, 2.24) is 24.6 Å². The number of piperidine rings is 1. The van der Waals surface area contributed by atoms with Crippen LogP contribution < -0.4 is 0 Å². The number of amides is 1. The summed E-state index contributed by atoms with van der Waals surface area (Å²) in [5.74, 6) is 2.79. The number of benzene rings is 1. The van der Waals surface area contributed by atoms with Crippen LogP contribution in [-0.4, -0.2) is 43.6 Å². The predicted octanol–water partition coefficient (Wildman–Crippen LogP) is 3.95. The molecule has 0 unspecified atom stereocenters. The summed E-state index contributed by atoms with van der Waals surface area (Å²) in [5, 5.41) is 10.1. The SMILES string of the molecule is O=C(CCc1nc2ccccc2s1)N1CCC[C@@H](c2nnc3n2CCCCC3)C1. The summed E-state index contributed by atoms with van der Waals surface area (Å²) in [4.78, 5) is 19.6. The number of rotatable bonds is 4. The highest BCUT2D eigenvalue weighted by Crippen LogP contribution is 2.29. The van der Waals surface area contributed by atoms with Crippen LogP contribution in [0.4, 0.5) is 0 Å². The smallest absolute Gasteiger partial charge is 0.223 e. The molecular formula is C22H27N5OS. The van der Waals surface area contributed by atoms with Crippen molar-refractivity contribution in [3.63, 3.8) is 0 Å². The second-order valence-corrected chi connectivity index (χ2v) is 9.31. The van der Waals surface area contributed by atoms with Gasteiger partial charge in [-0.3, -0.25) is 4.79 Å². The van der Waals surface area contributed by atoms with E-state index in [2.05, 4.69) is 25.8 Å². The van der Waals surface area contributed by atoms with Crippen molar-refractivity contribution in [1.29, 1.82) is 0 Å². The van der Waals surface area contributed by atoms with E-state index in [0.29, 0.717) is 12.3 Å². The van der Waals surface area contributed by atoms with Crippen molar-refractivity contribution in [2.75, 3.05) is 13.1 Å². The third-order valence-electron chi connectivity index (χ3n) is 6.17. The zero-order chi connectivity index (χ0) is 19.6. The summed E-state index contributed by atoms with van der Waals surface area (Å²) in [6, 6.07) is 8.17. The number of likely N-dealkylation sites (tertiary alicyclic amines) is 1. The number of hydrogen-bond donors (Lipinski definition) is 0. The zero-order valence-electron chi connectivity index (χ0n) is 16.7. The fourth-order valence-electron chi connectivity index (χ4n) is 4.62. The minimum absolute atomic E-state index is 0.240. The van der Waals surface area contributed by atoms with Gasteiger partial charge in [0.2, 0.25) is 5.91 Å². The first-order valence-corrected chi connectivity index (χ1v) is 11.6. The topological polar surface area (TPSA) is 63.9 Å². The van der Waals surface area contributed by atoms with Crippen molar-refractivity contribution in [3.05, 3.63) is 40.9 Å². The highest BCUT2D eigenvalue weighted by molar-refractivity contribution is 7.18. The molecule has 0 N–H and O–H groups in total. The number of carbonyl (C=O) groups is 1. The lowest BCUT2D eigenvalue weighted by Crippen LogP contribution is -2.40. The number of nitrogens with zero attached hydrogens (tertiary/aromatic N) is 5. The van der Waals surface area contributed by atoms with E-state index < -0.39 is 0 Å². The van der Waals surface area contributed by atoms with Gasteiger partial charge in [0.15, 0.2) is 0 Å². The number of hydrogen-bond acceptors (Lipinski definition) is 5. The Balaban J connectivity index is 1.23. The Morgan fingerprint density at radius 1 is 1.10 bits per heavy atom. The number of aryl methyl sites for hydroxylation is 2. The maximum atomic E-state index is 12.9. The maximum Gasteiger partial charge on any atom is 0.223 e. The highest BCUT2D eigenvalue weighted by atomic mass is 32.1. The van der Waals surface area contributed by atoms with Crippen LogP contribution >= 0.6 is 11.3 Å². The maximum absolute atomic E-state index is 12.9. The largest absolute Gasteiger partial charge is 0.342 e. The van der Waals surface area contributed by atoms with Crippen molar-refractivity contribution in [3.8, 4) is 0 Å². The molecule has 1 fully saturated rings. The Labute approximate surface area is 175 Å². The van der Waals surface area contributed by atoms with Gasteiger partial charge in [0.05, 0.1) is 15.2 Å². The summed E-state index contributed by atoms with van der Waals surface area (Å²) in [6.45, 7) is 2.66. The first-order chi connectivity index (χ1) is 14.3. The van der Waals surface area contributed by atoms with Gasteiger partial charge in [0.25, 0.3) is 0 Å². The van der Waals surface area contributed by atoms with E-state index in [0.717, 1.165) is 67.5 Å². The summed E-state index contributed by atoms with van der Waals surface area (Å²) < 4.78 is 3.53. The molecule has 7 heteroatoms. The molecule has 0 radical (unpaired) electrons.